The summed E-state index contributed by atoms with van der Waals surface area (Å²) in [5.74, 6) is -0.290. The molecule has 0 spiro atoms. The lowest BCUT2D eigenvalue weighted by molar-refractivity contribution is 0.316. The van der Waals surface area contributed by atoms with Crippen molar-refractivity contribution in [2.45, 2.75) is 11.1 Å². The summed E-state index contributed by atoms with van der Waals surface area (Å²) in [5.41, 5.74) is 1.11. The van der Waals surface area contributed by atoms with Crippen molar-refractivity contribution in [2.24, 2.45) is 0 Å². The van der Waals surface area contributed by atoms with Gasteiger partial charge in [-0.1, -0.05) is 6.07 Å². The molecule has 2 aromatic heterocycles. The van der Waals surface area contributed by atoms with Crippen LogP contribution in [0.3, 0.4) is 0 Å². The minimum Gasteiger partial charge on any atom is -0.489 e. The average Bonchev–Trinajstić information content (AvgIpc) is 3.14. The van der Waals surface area contributed by atoms with Crippen molar-refractivity contribution >= 4 is 27.0 Å². The first-order valence-corrected chi connectivity index (χ1v) is 10.6. The van der Waals surface area contributed by atoms with E-state index in [0.29, 0.717) is 22.6 Å². The lowest BCUT2D eigenvalue weighted by Gasteiger charge is -2.30. The normalized spacial score (nSPS) is 13.5. The molecular weight excluding hydrogens is 401 g/mol. The minimum atomic E-state index is -3.73. The predicted molar refractivity (Wildman–Crippen MR) is 103 cm³/mol. The van der Waals surface area contributed by atoms with Crippen LogP contribution in [0.4, 0.5) is 10.1 Å². The highest BCUT2D eigenvalue weighted by Crippen LogP contribution is 2.39. The molecule has 3 heterocycles. The molecule has 0 saturated carbocycles. The zero-order valence-electron chi connectivity index (χ0n) is 14.7. The first-order valence-electron chi connectivity index (χ1n) is 8.32. The molecule has 1 aliphatic rings. The second-order valence-electron chi connectivity index (χ2n) is 6.14. The van der Waals surface area contributed by atoms with E-state index in [9.17, 15) is 12.8 Å². The van der Waals surface area contributed by atoms with Crippen LogP contribution in [-0.2, 0) is 10.0 Å². The number of hydrogen-bond donors (Lipinski definition) is 0. The minimum absolute atomic E-state index is 0.176. The Hall–Kier alpha value is -2.96. The molecule has 0 radical (unpaired) electrons. The molecule has 0 bridgehead atoms. The number of hydrogen-bond acceptors (Lipinski definition) is 6. The van der Waals surface area contributed by atoms with E-state index in [1.54, 1.807) is 36.4 Å². The number of ether oxygens (including phenoxy) is 1. The van der Waals surface area contributed by atoms with Crippen LogP contribution < -0.4 is 9.04 Å². The van der Waals surface area contributed by atoms with E-state index in [2.05, 4.69) is 4.98 Å². The van der Waals surface area contributed by atoms with Crippen molar-refractivity contribution in [1.82, 2.24) is 4.98 Å². The Morgan fingerprint density at radius 1 is 1.25 bits per heavy atom. The summed E-state index contributed by atoms with van der Waals surface area (Å²) < 4.78 is 47.4. The van der Waals surface area contributed by atoms with Crippen LogP contribution in [0, 0.1) is 24.1 Å². The third-order valence-electron chi connectivity index (χ3n) is 4.32. The third kappa shape index (κ3) is 3.10. The molecule has 28 heavy (non-hydrogen) atoms. The summed E-state index contributed by atoms with van der Waals surface area (Å²) in [6.45, 7) is 2.26. The van der Waals surface area contributed by atoms with Gasteiger partial charge in [0.15, 0.2) is 11.5 Å². The van der Waals surface area contributed by atoms with Crippen LogP contribution in [0.2, 0.25) is 0 Å². The van der Waals surface area contributed by atoms with Gasteiger partial charge in [-0.15, -0.1) is 11.3 Å². The van der Waals surface area contributed by atoms with E-state index >= 15 is 0 Å². The Morgan fingerprint density at radius 2 is 2.07 bits per heavy atom. The fourth-order valence-electron chi connectivity index (χ4n) is 2.96. The molecule has 142 valence electrons. The second-order valence-corrected chi connectivity index (χ2v) is 9.52. The summed E-state index contributed by atoms with van der Waals surface area (Å²) >= 11 is 1.21. The van der Waals surface area contributed by atoms with E-state index in [0.717, 1.165) is 4.88 Å². The van der Waals surface area contributed by atoms with Crippen molar-refractivity contribution in [2.75, 3.05) is 17.5 Å². The quantitative estimate of drug-likeness (QED) is 0.651. The van der Waals surface area contributed by atoms with E-state index in [1.165, 1.54) is 27.9 Å². The number of benzene rings is 1. The number of pyridine rings is 1. The summed E-state index contributed by atoms with van der Waals surface area (Å²) in [7, 11) is -3.73. The number of nitrogens with zero attached hydrogens (tertiary/aromatic N) is 3. The van der Waals surface area contributed by atoms with Gasteiger partial charge in [0.2, 0.25) is 0 Å². The maximum Gasteiger partial charge on any atom is 0.274 e. The largest absolute Gasteiger partial charge is 0.489 e. The molecule has 0 fully saturated rings. The van der Waals surface area contributed by atoms with Gasteiger partial charge in [-0.05, 0) is 42.8 Å². The molecule has 1 aromatic carbocycles. The van der Waals surface area contributed by atoms with Gasteiger partial charge >= 0.3 is 0 Å². The second kappa shape index (κ2) is 6.89. The lowest BCUT2D eigenvalue weighted by Crippen LogP contribution is -2.37. The van der Waals surface area contributed by atoms with E-state index in [4.69, 9.17) is 10.00 Å². The van der Waals surface area contributed by atoms with Crippen molar-refractivity contribution < 1.29 is 17.5 Å². The molecule has 3 aromatic rings. The standard InChI is InChI=1S/C19H14FN3O3S2/c1-12-2-5-19(27-12)28(24,25)23-6-7-26-18-4-3-13(9-17(18)23)14-8-15(20)16(10-21)22-11-14/h2-5,8-9,11H,6-7H2,1H3. The van der Waals surface area contributed by atoms with E-state index in [1.807, 2.05) is 6.92 Å². The molecule has 0 aliphatic carbocycles. The first-order chi connectivity index (χ1) is 13.4. The number of rotatable bonds is 3. The van der Waals surface area contributed by atoms with Gasteiger partial charge in [-0.2, -0.15) is 5.26 Å². The summed E-state index contributed by atoms with van der Waals surface area (Å²) in [6, 6.07) is 11.2. The van der Waals surface area contributed by atoms with Crippen LogP contribution in [0.1, 0.15) is 10.6 Å². The Morgan fingerprint density at radius 3 is 2.75 bits per heavy atom. The van der Waals surface area contributed by atoms with Gasteiger partial charge in [0, 0.05) is 16.6 Å². The lowest BCUT2D eigenvalue weighted by atomic mass is 10.1. The number of aryl methyl sites for hydroxylation is 1. The van der Waals surface area contributed by atoms with Crippen LogP contribution in [-0.4, -0.2) is 26.6 Å². The molecule has 0 N–H and O–H groups in total. The summed E-state index contributed by atoms with van der Waals surface area (Å²) in [5, 5.41) is 8.83. The van der Waals surface area contributed by atoms with Crippen molar-refractivity contribution in [3.05, 3.63) is 59.0 Å². The molecule has 0 atom stereocenters. The topological polar surface area (TPSA) is 83.3 Å². The number of aromatic nitrogens is 1. The van der Waals surface area contributed by atoms with Crippen LogP contribution in [0.15, 0.2) is 46.8 Å². The molecule has 9 heteroatoms. The van der Waals surface area contributed by atoms with Crippen LogP contribution in [0.5, 0.6) is 5.75 Å². The highest BCUT2D eigenvalue weighted by atomic mass is 32.2. The van der Waals surface area contributed by atoms with Crippen LogP contribution in [0.25, 0.3) is 11.1 Å². The molecule has 1 aliphatic heterocycles. The number of sulfonamides is 1. The zero-order chi connectivity index (χ0) is 19.9. The number of anilines is 1. The Balaban J connectivity index is 1.80. The highest BCUT2D eigenvalue weighted by molar-refractivity contribution is 7.94. The van der Waals surface area contributed by atoms with E-state index < -0.39 is 15.8 Å². The molecule has 0 unspecified atom stereocenters. The molecule has 4 rings (SSSR count). The van der Waals surface area contributed by atoms with Crippen molar-refractivity contribution in [3.8, 4) is 22.9 Å². The number of thiophene rings is 1. The number of fused-ring (bicyclic) bond motifs is 1. The summed E-state index contributed by atoms with van der Waals surface area (Å²) in [4.78, 5) is 4.71. The number of nitriles is 1. The SMILES string of the molecule is Cc1ccc(S(=O)(=O)N2CCOc3ccc(-c4cnc(C#N)c(F)c4)cc32)s1. The predicted octanol–water partition coefficient (Wildman–Crippen LogP) is 3.72. The van der Waals surface area contributed by atoms with Gasteiger partial charge in [0.25, 0.3) is 10.0 Å². The van der Waals surface area contributed by atoms with Gasteiger partial charge < -0.3 is 4.74 Å². The summed E-state index contributed by atoms with van der Waals surface area (Å²) in [6.07, 6.45) is 1.38. The fourth-order valence-corrected chi connectivity index (χ4v) is 5.81. The third-order valence-corrected chi connectivity index (χ3v) is 7.60. The Kier molecular flexibility index (Phi) is 4.53. The Bertz CT molecular complexity index is 1220. The van der Waals surface area contributed by atoms with Gasteiger partial charge in [-0.3, -0.25) is 4.31 Å². The van der Waals surface area contributed by atoms with Gasteiger partial charge in [-0.25, -0.2) is 17.8 Å². The Labute approximate surface area is 165 Å². The smallest absolute Gasteiger partial charge is 0.274 e. The monoisotopic (exact) mass is 415 g/mol. The molecular formula is C19H14FN3O3S2. The number of halogens is 1. The van der Waals surface area contributed by atoms with Crippen molar-refractivity contribution in [1.29, 1.82) is 5.26 Å². The van der Waals surface area contributed by atoms with Crippen molar-refractivity contribution in [3.63, 3.8) is 0 Å². The van der Waals surface area contributed by atoms with Gasteiger partial charge in [0.1, 0.15) is 22.6 Å². The zero-order valence-corrected chi connectivity index (χ0v) is 16.3. The maximum absolute atomic E-state index is 14.0. The molecule has 6 nitrogen and oxygen atoms in total. The molecule has 0 saturated heterocycles. The average molecular weight is 415 g/mol. The maximum atomic E-state index is 14.0. The van der Waals surface area contributed by atoms with E-state index in [-0.39, 0.29) is 23.1 Å². The highest BCUT2D eigenvalue weighted by Gasteiger charge is 2.31. The first kappa shape index (κ1) is 18.4. The van der Waals surface area contributed by atoms with Gasteiger partial charge in [0.05, 0.1) is 12.2 Å². The van der Waals surface area contributed by atoms with Crippen LogP contribution >= 0.6 is 11.3 Å². The fraction of sp³-hybridized carbons (Fsp3) is 0.158. The molecule has 0 amide bonds.